The molecular formula is C40H75N5O5. The Kier molecular flexibility index (Phi) is 15.1. The Bertz CT molecular complexity index is 1090. The molecule has 1 heterocycles. The lowest BCUT2D eigenvalue weighted by Gasteiger charge is -2.62. The van der Waals surface area contributed by atoms with Gasteiger partial charge in [-0.15, -0.1) is 0 Å². The van der Waals surface area contributed by atoms with Crippen LogP contribution in [0.15, 0.2) is 0 Å². The van der Waals surface area contributed by atoms with Gasteiger partial charge in [-0.1, -0.05) is 48.0 Å². The standard InChI is InChI=1S/C40H75N5O5/c1-24(2)15-17-42-27(5)35-34(23-46)50-45(36(35)39(48)43-33-21-30-20-32(26(33)4)40(30,6)7)22-29-13-12-14-31(37(29)49-11)28(16-18-44(9)10)19-25(3)38(47)41-8/h24-37,42,46H,12-23H2,1-11H3,(H,41,47)(H,43,48)/t25?,26-,27?,28?,29?,30+,31?,32-,33-,34-,35+,36-,37?/m0/s1. The second kappa shape index (κ2) is 18.2. The van der Waals surface area contributed by atoms with Crippen LogP contribution < -0.4 is 16.0 Å². The second-order valence-corrected chi connectivity index (χ2v) is 18.1. The quantitative estimate of drug-likeness (QED) is 0.164. The van der Waals surface area contributed by atoms with Gasteiger partial charge in [0.2, 0.25) is 11.8 Å². The third-order valence-corrected chi connectivity index (χ3v) is 13.9. The van der Waals surface area contributed by atoms with Crippen LogP contribution in [-0.4, -0.2) is 112 Å². The number of fused-ring (bicyclic) bond motifs is 2. The van der Waals surface area contributed by atoms with Crippen LogP contribution in [0.3, 0.4) is 0 Å². The van der Waals surface area contributed by atoms with Gasteiger partial charge < -0.3 is 30.7 Å². The molecule has 0 aromatic heterocycles. The van der Waals surface area contributed by atoms with E-state index in [0.717, 1.165) is 58.0 Å². The summed E-state index contributed by atoms with van der Waals surface area (Å²) >= 11 is 0. The Labute approximate surface area is 304 Å². The Morgan fingerprint density at radius 1 is 1.10 bits per heavy atom. The molecule has 13 atom stereocenters. The van der Waals surface area contributed by atoms with Crippen molar-refractivity contribution in [1.29, 1.82) is 0 Å². The largest absolute Gasteiger partial charge is 0.394 e. The van der Waals surface area contributed by atoms with Crippen molar-refractivity contribution >= 4 is 11.8 Å². The zero-order valence-electron chi connectivity index (χ0n) is 33.5. The minimum Gasteiger partial charge on any atom is -0.394 e. The average Bonchev–Trinajstić information content (AvgIpc) is 3.44. The summed E-state index contributed by atoms with van der Waals surface area (Å²) in [5.41, 5.74) is 0.345. The molecule has 2 bridgehead atoms. The van der Waals surface area contributed by atoms with Crippen LogP contribution in [0.25, 0.3) is 0 Å². The summed E-state index contributed by atoms with van der Waals surface area (Å²) in [6.07, 6.45) is 7.82. The monoisotopic (exact) mass is 706 g/mol. The smallest absolute Gasteiger partial charge is 0.240 e. The summed E-state index contributed by atoms with van der Waals surface area (Å²) in [6, 6.07) is -0.366. The molecule has 1 saturated heterocycles. The minimum atomic E-state index is -0.511. The van der Waals surface area contributed by atoms with E-state index in [1.807, 2.05) is 19.1 Å². The number of hydroxylamine groups is 2. The van der Waals surface area contributed by atoms with E-state index in [2.05, 4.69) is 76.5 Å². The zero-order chi connectivity index (χ0) is 36.9. The van der Waals surface area contributed by atoms with Crippen molar-refractivity contribution in [3.8, 4) is 0 Å². The van der Waals surface area contributed by atoms with Gasteiger partial charge in [0, 0.05) is 50.5 Å². The van der Waals surface area contributed by atoms with Gasteiger partial charge in [0.1, 0.15) is 12.1 Å². The number of rotatable bonds is 18. The molecule has 10 heteroatoms. The van der Waals surface area contributed by atoms with Gasteiger partial charge in [0.05, 0.1) is 12.7 Å². The molecule has 5 aliphatic rings. The average molecular weight is 706 g/mol. The van der Waals surface area contributed by atoms with E-state index in [1.54, 1.807) is 7.05 Å². The molecular weight excluding hydrogens is 630 g/mol. The van der Waals surface area contributed by atoms with Crippen molar-refractivity contribution in [3.63, 3.8) is 0 Å². The lowest BCUT2D eigenvalue weighted by Crippen LogP contribution is -2.63. The van der Waals surface area contributed by atoms with Crippen LogP contribution in [0.5, 0.6) is 0 Å². The van der Waals surface area contributed by atoms with Gasteiger partial charge in [-0.25, -0.2) is 0 Å². The number of aliphatic hydroxyl groups excluding tert-OH is 1. The van der Waals surface area contributed by atoms with Crippen molar-refractivity contribution in [3.05, 3.63) is 0 Å². The number of methoxy groups -OCH3 is 1. The summed E-state index contributed by atoms with van der Waals surface area (Å²) in [5.74, 6) is 2.94. The lowest BCUT2D eigenvalue weighted by molar-refractivity contribution is -0.193. The third kappa shape index (κ3) is 9.43. The van der Waals surface area contributed by atoms with E-state index in [-0.39, 0.29) is 54.4 Å². The Balaban J connectivity index is 1.57. The summed E-state index contributed by atoms with van der Waals surface area (Å²) in [5, 5.41) is 22.7. The highest BCUT2D eigenvalue weighted by Crippen LogP contribution is 2.61. The molecule has 5 fully saturated rings. The third-order valence-electron chi connectivity index (χ3n) is 13.9. The van der Waals surface area contributed by atoms with E-state index < -0.39 is 12.1 Å². The molecule has 0 spiro atoms. The highest BCUT2D eigenvalue weighted by molar-refractivity contribution is 5.83. The maximum atomic E-state index is 14.6. The molecule has 2 amide bonds. The van der Waals surface area contributed by atoms with E-state index in [9.17, 15) is 14.7 Å². The van der Waals surface area contributed by atoms with Crippen LogP contribution in [-0.2, 0) is 19.2 Å². The molecule has 5 rings (SSSR count). The summed E-state index contributed by atoms with van der Waals surface area (Å²) in [7, 11) is 7.76. The number of hydrogen-bond donors (Lipinski definition) is 4. The number of hydrogen-bond acceptors (Lipinski definition) is 8. The maximum absolute atomic E-state index is 14.6. The molecule has 0 aromatic carbocycles. The van der Waals surface area contributed by atoms with Crippen molar-refractivity contribution in [1.82, 2.24) is 25.9 Å². The van der Waals surface area contributed by atoms with Gasteiger partial charge in [0.15, 0.2) is 0 Å². The number of nitrogens with one attached hydrogen (secondary N) is 3. The molecule has 50 heavy (non-hydrogen) atoms. The maximum Gasteiger partial charge on any atom is 0.240 e. The van der Waals surface area contributed by atoms with Crippen LogP contribution in [0.1, 0.15) is 99.8 Å². The van der Waals surface area contributed by atoms with Crippen molar-refractivity contribution < 1.29 is 24.3 Å². The van der Waals surface area contributed by atoms with Gasteiger partial charge in [-0.3, -0.25) is 14.4 Å². The van der Waals surface area contributed by atoms with Gasteiger partial charge in [0.25, 0.3) is 0 Å². The number of aliphatic hydroxyl groups is 1. The number of nitrogens with zero attached hydrogens (tertiary/aromatic N) is 2. The fourth-order valence-corrected chi connectivity index (χ4v) is 10.6. The van der Waals surface area contributed by atoms with Gasteiger partial charge >= 0.3 is 0 Å². The number of carbonyl (C=O) groups excluding carboxylic acids is 2. The fraction of sp³-hybridized carbons (Fsp3) is 0.950. The Hall–Kier alpha value is -1.30. The molecule has 4 aliphatic carbocycles. The molecule has 10 nitrogen and oxygen atoms in total. The van der Waals surface area contributed by atoms with E-state index in [1.165, 1.54) is 6.42 Å². The first-order valence-electron chi connectivity index (χ1n) is 20.1. The van der Waals surface area contributed by atoms with E-state index in [4.69, 9.17) is 9.57 Å². The van der Waals surface area contributed by atoms with Gasteiger partial charge in [-0.05, 0) is 120 Å². The first kappa shape index (κ1) is 41.5. The predicted molar refractivity (Wildman–Crippen MR) is 200 cm³/mol. The lowest BCUT2D eigenvalue weighted by atomic mass is 9.45. The number of ether oxygens (including phenoxy) is 1. The Morgan fingerprint density at radius 3 is 2.40 bits per heavy atom. The highest BCUT2D eigenvalue weighted by atomic mass is 16.7. The van der Waals surface area contributed by atoms with Crippen molar-refractivity contribution in [2.24, 2.45) is 58.7 Å². The van der Waals surface area contributed by atoms with E-state index >= 15 is 0 Å². The first-order chi connectivity index (χ1) is 23.6. The highest BCUT2D eigenvalue weighted by Gasteiger charge is 2.57. The second-order valence-electron chi connectivity index (χ2n) is 18.1. The van der Waals surface area contributed by atoms with Crippen molar-refractivity contribution in [2.45, 2.75) is 130 Å². The molecule has 0 radical (unpaired) electrons. The van der Waals surface area contributed by atoms with Crippen LogP contribution in [0.4, 0.5) is 0 Å². The van der Waals surface area contributed by atoms with Crippen molar-refractivity contribution in [2.75, 3.05) is 54.5 Å². The zero-order valence-corrected chi connectivity index (χ0v) is 33.5. The predicted octanol–water partition coefficient (Wildman–Crippen LogP) is 4.56. The van der Waals surface area contributed by atoms with Crippen LogP contribution >= 0.6 is 0 Å². The topological polar surface area (TPSA) is 115 Å². The summed E-state index contributed by atoms with van der Waals surface area (Å²) < 4.78 is 6.39. The normalized spacial score (nSPS) is 35.8. The van der Waals surface area contributed by atoms with E-state index in [0.29, 0.717) is 47.5 Å². The molecule has 290 valence electrons. The fourth-order valence-electron chi connectivity index (χ4n) is 10.6. The SMILES string of the molecule is CNC(=O)C(C)CC(CCN(C)C)C1CCCC(CN2O[C@@H](CO)[C@@H](C(C)NCCC(C)C)[C@H]2C(=O)N[C@H]2C[C@H]3C[C@@H]([C@@H]2C)C3(C)C)C1OC. The molecule has 0 aromatic rings. The Morgan fingerprint density at radius 2 is 1.82 bits per heavy atom. The van der Waals surface area contributed by atoms with Gasteiger partial charge in [-0.2, -0.15) is 5.06 Å². The minimum absolute atomic E-state index is 0.0123. The molecule has 4 N–H and O–H groups in total. The van der Waals surface area contributed by atoms with Crippen LogP contribution in [0.2, 0.25) is 0 Å². The summed E-state index contributed by atoms with van der Waals surface area (Å²) in [6.45, 7) is 18.0. The summed E-state index contributed by atoms with van der Waals surface area (Å²) in [4.78, 5) is 36.1. The number of carbonyl (C=O) groups is 2. The molecule has 1 aliphatic heterocycles. The molecule has 6 unspecified atom stereocenters. The van der Waals surface area contributed by atoms with Crippen LogP contribution in [0, 0.1) is 58.7 Å². The first-order valence-corrected chi connectivity index (χ1v) is 20.1. The number of amides is 2. The molecule has 4 saturated carbocycles.